The number of aromatic nitrogens is 4. The fraction of sp³-hybridized carbons (Fsp3) is 0.353. The molecule has 0 aliphatic rings. The Morgan fingerprint density at radius 2 is 1.76 bits per heavy atom. The van der Waals surface area contributed by atoms with Gasteiger partial charge in [-0.25, -0.2) is 0 Å². The summed E-state index contributed by atoms with van der Waals surface area (Å²) in [5.74, 6) is 0.827. The molecule has 1 aromatic heterocycles. The van der Waals surface area contributed by atoms with Crippen LogP contribution in [0.15, 0.2) is 36.4 Å². The molecule has 3 rings (SSSR count). The van der Waals surface area contributed by atoms with Gasteiger partial charge in [-0.05, 0) is 34.9 Å². The molecule has 25 heavy (non-hydrogen) atoms. The topological polar surface area (TPSA) is 63.7 Å². The number of benzene rings is 2. The third-order valence-electron chi connectivity index (χ3n) is 3.88. The average Bonchev–Trinajstić information content (AvgIpc) is 3.07. The molecule has 0 saturated carbocycles. The van der Waals surface area contributed by atoms with Crippen molar-refractivity contribution in [3.05, 3.63) is 47.8 Å². The second-order valence-corrected chi connectivity index (χ2v) is 6.54. The van der Waals surface area contributed by atoms with Gasteiger partial charge in [-0.15, -0.1) is 10.2 Å². The highest BCUT2D eigenvalue weighted by molar-refractivity contribution is 5.84. The summed E-state index contributed by atoms with van der Waals surface area (Å²) in [6.07, 6.45) is -3.64. The third kappa shape index (κ3) is 4.26. The monoisotopic (exact) mass is 350 g/mol. The van der Waals surface area contributed by atoms with E-state index in [4.69, 9.17) is 4.74 Å². The molecule has 0 atom stereocenters. The van der Waals surface area contributed by atoms with Crippen molar-refractivity contribution in [2.75, 3.05) is 6.61 Å². The number of rotatable bonds is 5. The van der Waals surface area contributed by atoms with Crippen molar-refractivity contribution in [3.63, 3.8) is 0 Å². The fourth-order valence-corrected chi connectivity index (χ4v) is 2.68. The van der Waals surface area contributed by atoms with Gasteiger partial charge >= 0.3 is 6.18 Å². The van der Waals surface area contributed by atoms with Gasteiger partial charge in [-0.3, -0.25) is 0 Å². The van der Waals surface area contributed by atoms with E-state index in [2.05, 4.69) is 20.6 Å². The van der Waals surface area contributed by atoms with Crippen LogP contribution in [-0.4, -0.2) is 33.4 Å². The van der Waals surface area contributed by atoms with E-state index in [0.29, 0.717) is 12.2 Å². The highest BCUT2D eigenvalue weighted by Crippen LogP contribution is 2.28. The summed E-state index contributed by atoms with van der Waals surface area (Å²) in [5.41, 5.74) is 0.780. The molecule has 132 valence electrons. The Labute approximate surface area is 142 Å². The van der Waals surface area contributed by atoms with Gasteiger partial charge in [0.15, 0.2) is 12.4 Å². The maximum atomic E-state index is 12.2. The first-order valence-corrected chi connectivity index (χ1v) is 7.69. The number of hydrogen-bond acceptors (Lipinski definition) is 4. The van der Waals surface area contributed by atoms with Crippen LogP contribution in [0.4, 0.5) is 13.2 Å². The first kappa shape index (κ1) is 17.2. The van der Waals surface area contributed by atoms with Crippen molar-refractivity contribution < 1.29 is 17.9 Å². The van der Waals surface area contributed by atoms with Gasteiger partial charge in [-0.1, -0.05) is 43.3 Å². The largest absolute Gasteiger partial charge is 0.484 e. The zero-order valence-electron chi connectivity index (χ0n) is 13.8. The molecule has 0 aliphatic heterocycles. The van der Waals surface area contributed by atoms with E-state index in [1.54, 1.807) is 18.2 Å². The molecular formula is C17H17F3N4O. The first-order chi connectivity index (χ1) is 11.7. The predicted octanol–water partition coefficient (Wildman–Crippen LogP) is 3.81. The second-order valence-electron chi connectivity index (χ2n) is 6.54. The molecule has 0 spiro atoms. The van der Waals surface area contributed by atoms with E-state index >= 15 is 0 Å². The lowest BCUT2D eigenvalue weighted by molar-refractivity contribution is -0.153. The minimum Gasteiger partial charge on any atom is -0.484 e. The van der Waals surface area contributed by atoms with E-state index in [1.807, 2.05) is 32.0 Å². The molecule has 0 radical (unpaired) electrons. The summed E-state index contributed by atoms with van der Waals surface area (Å²) in [7, 11) is 0. The van der Waals surface area contributed by atoms with Gasteiger partial charge in [0.1, 0.15) is 5.75 Å². The zero-order valence-corrected chi connectivity index (χ0v) is 13.8. The molecule has 5 nitrogen and oxygen atoms in total. The number of tetrazole rings is 1. The maximum absolute atomic E-state index is 12.2. The standard InChI is InChI=1S/C17H17F3N4O/c1-16(2,15-21-23-24-22-15)9-11-3-4-13-8-14(6-5-12(13)7-11)25-10-17(18,19)20/h3-8H,9-10H2,1-2H3,(H,21,22,23,24). The molecule has 1 heterocycles. The van der Waals surface area contributed by atoms with Crippen molar-refractivity contribution >= 4 is 10.8 Å². The van der Waals surface area contributed by atoms with Gasteiger partial charge in [-0.2, -0.15) is 18.4 Å². The molecule has 0 unspecified atom stereocenters. The smallest absolute Gasteiger partial charge is 0.422 e. The number of nitrogens with zero attached hydrogens (tertiary/aromatic N) is 3. The van der Waals surface area contributed by atoms with E-state index in [9.17, 15) is 13.2 Å². The minimum atomic E-state index is -4.35. The number of aromatic amines is 1. The number of fused-ring (bicyclic) bond motifs is 1. The zero-order chi connectivity index (χ0) is 18.1. The summed E-state index contributed by atoms with van der Waals surface area (Å²) < 4.78 is 41.5. The summed E-state index contributed by atoms with van der Waals surface area (Å²) in [5, 5.41) is 15.9. The number of H-pyrrole nitrogens is 1. The first-order valence-electron chi connectivity index (χ1n) is 7.69. The summed E-state index contributed by atoms with van der Waals surface area (Å²) in [6.45, 7) is 2.75. The third-order valence-corrected chi connectivity index (χ3v) is 3.88. The lowest BCUT2D eigenvalue weighted by Crippen LogP contribution is -2.22. The predicted molar refractivity (Wildman–Crippen MR) is 86.4 cm³/mol. The highest BCUT2D eigenvalue weighted by atomic mass is 19.4. The molecule has 0 amide bonds. The number of hydrogen-bond donors (Lipinski definition) is 1. The summed E-state index contributed by atoms with van der Waals surface area (Å²) in [6, 6.07) is 10.7. The van der Waals surface area contributed by atoms with Crippen molar-refractivity contribution in [1.29, 1.82) is 0 Å². The Balaban J connectivity index is 1.79. The molecule has 1 N–H and O–H groups in total. The second kappa shape index (κ2) is 6.34. The fourth-order valence-electron chi connectivity index (χ4n) is 2.68. The number of alkyl halides is 3. The Morgan fingerprint density at radius 1 is 1.04 bits per heavy atom. The Hall–Kier alpha value is -2.64. The van der Waals surface area contributed by atoms with Gasteiger partial charge < -0.3 is 4.74 Å². The number of ether oxygens (including phenoxy) is 1. The van der Waals surface area contributed by atoms with E-state index in [0.717, 1.165) is 16.3 Å². The molecule has 0 saturated heterocycles. The lowest BCUT2D eigenvalue weighted by Gasteiger charge is -2.20. The van der Waals surface area contributed by atoms with Crippen LogP contribution in [0.3, 0.4) is 0 Å². The van der Waals surface area contributed by atoms with Gasteiger partial charge in [0.05, 0.1) is 0 Å². The molecule has 8 heteroatoms. The van der Waals surface area contributed by atoms with Crippen LogP contribution in [0.2, 0.25) is 0 Å². The van der Waals surface area contributed by atoms with Crippen LogP contribution >= 0.6 is 0 Å². The molecule has 2 aromatic carbocycles. The van der Waals surface area contributed by atoms with Crippen LogP contribution < -0.4 is 4.74 Å². The van der Waals surface area contributed by atoms with Gasteiger partial charge in [0.2, 0.25) is 0 Å². The quantitative estimate of drug-likeness (QED) is 0.760. The molecule has 0 bridgehead atoms. The summed E-state index contributed by atoms with van der Waals surface area (Å²) in [4.78, 5) is 0. The van der Waals surface area contributed by atoms with Crippen LogP contribution in [-0.2, 0) is 11.8 Å². The number of halogens is 3. The van der Waals surface area contributed by atoms with Crippen molar-refractivity contribution in [2.24, 2.45) is 0 Å². The van der Waals surface area contributed by atoms with Crippen LogP contribution in [0.1, 0.15) is 25.2 Å². The van der Waals surface area contributed by atoms with Crippen molar-refractivity contribution in [2.45, 2.75) is 31.9 Å². The maximum Gasteiger partial charge on any atom is 0.422 e. The van der Waals surface area contributed by atoms with Crippen LogP contribution in [0, 0.1) is 0 Å². The van der Waals surface area contributed by atoms with Gasteiger partial charge in [0.25, 0.3) is 0 Å². The Kier molecular flexibility index (Phi) is 4.36. The molecule has 0 fully saturated rings. The number of nitrogens with one attached hydrogen (secondary N) is 1. The van der Waals surface area contributed by atoms with Crippen molar-refractivity contribution in [3.8, 4) is 5.75 Å². The van der Waals surface area contributed by atoms with E-state index in [1.165, 1.54) is 0 Å². The molecular weight excluding hydrogens is 333 g/mol. The molecule has 3 aromatic rings. The minimum absolute atomic E-state index is 0.199. The highest BCUT2D eigenvalue weighted by Gasteiger charge is 2.28. The lowest BCUT2D eigenvalue weighted by atomic mass is 9.84. The molecule has 0 aliphatic carbocycles. The van der Waals surface area contributed by atoms with E-state index < -0.39 is 12.8 Å². The van der Waals surface area contributed by atoms with E-state index in [-0.39, 0.29) is 11.2 Å². The SMILES string of the molecule is CC(C)(Cc1ccc2cc(OCC(F)(F)F)ccc2c1)c1nn[nH]n1. The Bertz CT molecular complexity index is 860. The average molecular weight is 350 g/mol. The van der Waals surface area contributed by atoms with Gasteiger partial charge in [0, 0.05) is 5.41 Å². The van der Waals surface area contributed by atoms with Crippen LogP contribution in [0.25, 0.3) is 10.8 Å². The normalized spacial score (nSPS) is 12.5. The van der Waals surface area contributed by atoms with Crippen LogP contribution in [0.5, 0.6) is 5.75 Å². The van der Waals surface area contributed by atoms with Crippen molar-refractivity contribution in [1.82, 2.24) is 20.6 Å². The Morgan fingerprint density at radius 3 is 2.44 bits per heavy atom. The summed E-state index contributed by atoms with van der Waals surface area (Å²) >= 11 is 0.